The van der Waals surface area contributed by atoms with Crippen LogP contribution in [-0.2, 0) is 20.9 Å². The minimum atomic E-state index is -1.31. The van der Waals surface area contributed by atoms with Gasteiger partial charge in [-0.15, -0.1) is 0 Å². The van der Waals surface area contributed by atoms with Gasteiger partial charge >= 0.3 is 5.97 Å². The van der Waals surface area contributed by atoms with Gasteiger partial charge in [0.25, 0.3) is 0 Å². The quantitative estimate of drug-likeness (QED) is 0.321. The Kier molecular flexibility index (Phi) is 8.68. The lowest BCUT2D eigenvalue weighted by atomic mass is 9.88. The van der Waals surface area contributed by atoms with Crippen LogP contribution in [0, 0.1) is 0 Å². The summed E-state index contributed by atoms with van der Waals surface area (Å²) in [6, 6.07) is 12.4. The number of benzene rings is 2. The van der Waals surface area contributed by atoms with Gasteiger partial charge in [-0.1, -0.05) is 44.3 Å². The first-order valence-electron chi connectivity index (χ1n) is 13.8. The summed E-state index contributed by atoms with van der Waals surface area (Å²) in [4.78, 5) is 32.8. The Balaban J connectivity index is 1.64. The first-order valence-corrected chi connectivity index (χ1v) is 14.2. The molecule has 2 atom stereocenters. The van der Waals surface area contributed by atoms with Crippen LogP contribution in [0.4, 0.5) is 0 Å². The van der Waals surface area contributed by atoms with Crippen LogP contribution in [0.3, 0.4) is 0 Å². The van der Waals surface area contributed by atoms with E-state index in [0.29, 0.717) is 35.1 Å². The second-order valence-electron chi connectivity index (χ2n) is 10.2. The first-order chi connectivity index (χ1) is 19.1. The van der Waals surface area contributed by atoms with E-state index in [1.807, 2.05) is 63.2 Å². The van der Waals surface area contributed by atoms with Crippen molar-refractivity contribution in [3.05, 3.63) is 59.2 Å². The highest BCUT2D eigenvalue weighted by Gasteiger charge is 2.52. The van der Waals surface area contributed by atoms with Crippen molar-refractivity contribution in [2.45, 2.75) is 77.6 Å². The molecule has 9 nitrogen and oxygen atoms in total. The molecule has 0 bridgehead atoms. The van der Waals surface area contributed by atoms with E-state index in [1.54, 1.807) is 13.8 Å². The van der Waals surface area contributed by atoms with Gasteiger partial charge in [0.15, 0.2) is 5.96 Å². The lowest BCUT2D eigenvalue weighted by Gasteiger charge is -2.36. The molecule has 1 amide bonds. The van der Waals surface area contributed by atoms with Gasteiger partial charge < -0.3 is 25.3 Å². The van der Waals surface area contributed by atoms with Crippen molar-refractivity contribution in [2.75, 3.05) is 13.2 Å². The Morgan fingerprint density at radius 3 is 2.55 bits per heavy atom. The lowest BCUT2D eigenvalue weighted by Crippen LogP contribution is -2.51. The van der Waals surface area contributed by atoms with E-state index in [2.05, 4.69) is 5.32 Å². The molecular formula is C30H38N4O5S. The van der Waals surface area contributed by atoms with Gasteiger partial charge in [-0.3, -0.25) is 9.69 Å². The molecule has 3 N–H and O–H groups in total. The van der Waals surface area contributed by atoms with E-state index in [9.17, 15) is 9.59 Å². The fourth-order valence-electron chi connectivity index (χ4n) is 5.25. The second kappa shape index (κ2) is 11.8. The maximum atomic E-state index is 13.2. The molecule has 0 radical (unpaired) electrons. The van der Waals surface area contributed by atoms with Crippen molar-refractivity contribution < 1.29 is 23.8 Å². The topological polar surface area (TPSA) is 115 Å². The standard InChI is InChI=1S/C30H38N4O5S/c1-6-30(7-2)17-24(35)34(28(31)33-30)18-20-16-19(14-15-22(20)37-8-3)26(40)32-25-21-12-10-11-13-23(21)39-29(25,5)27(36)38-9-4/h10-16,25H,6-9,17-18H2,1-5H3,(H2,31,33)(H,32,40). The Morgan fingerprint density at radius 2 is 1.90 bits per heavy atom. The number of carbonyl (C=O) groups is 2. The molecule has 0 aromatic heterocycles. The zero-order chi connectivity index (χ0) is 29.1. The number of hydrogen-bond donors (Lipinski definition) is 2. The number of nitrogens with zero attached hydrogens (tertiary/aromatic N) is 2. The fraction of sp³-hybridized carbons (Fsp3) is 0.467. The van der Waals surface area contributed by atoms with Crippen molar-refractivity contribution >= 4 is 35.0 Å². The molecule has 2 aliphatic rings. The Labute approximate surface area is 241 Å². The van der Waals surface area contributed by atoms with E-state index in [-0.39, 0.29) is 25.0 Å². The summed E-state index contributed by atoms with van der Waals surface area (Å²) in [6.07, 6.45) is 1.78. The summed E-state index contributed by atoms with van der Waals surface area (Å²) in [5, 5.41) is 3.34. The number of guanidine groups is 1. The highest BCUT2D eigenvalue weighted by molar-refractivity contribution is 7.80. The Hall–Kier alpha value is -3.66. The largest absolute Gasteiger partial charge is 0.494 e. The highest BCUT2D eigenvalue weighted by Crippen LogP contribution is 2.44. The van der Waals surface area contributed by atoms with Crippen LogP contribution in [0.5, 0.6) is 11.5 Å². The molecule has 2 aliphatic heterocycles. The summed E-state index contributed by atoms with van der Waals surface area (Å²) >= 11 is 5.83. The maximum Gasteiger partial charge on any atom is 0.352 e. The number of hydrogen-bond acceptors (Lipinski definition) is 8. The van der Waals surface area contributed by atoms with Crippen LogP contribution in [0.25, 0.3) is 0 Å². The van der Waals surface area contributed by atoms with Crippen LogP contribution >= 0.6 is 12.2 Å². The molecule has 40 heavy (non-hydrogen) atoms. The monoisotopic (exact) mass is 566 g/mol. The van der Waals surface area contributed by atoms with Crippen LogP contribution in [0.2, 0.25) is 0 Å². The number of carbonyl (C=O) groups excluding carboxylic acids is 2. The third-order valence-corrected chi connectivity index (χ3v) is 8.09. The molecule has 2 heterocycles. The number of fused-ring (bicyclic) bond motifs is 1. The van der Waals surface area contributed by atoms with Gasteiger partial charge in [-0.25, -0.2) is 9.79 Å². The third-order valence-electron chi connectivity index (χ3n) is 7.74. The molecule has 0 spiro atoms. The smallest absolute Gasteiger partial charge is 0.352 e. The summed E-state index contributed by atoms with van der Waals surface area (Å²) < 4.78 is 17.3. The van der Waals surface area contributed by atoms with Crippen molar-refractivity contribution in [1.82, 2.24) is 10.2 Å². The summed E-state index contributed by atoms with van der Waals surface area (Å²) in [5.41, 5.74) is 6.80. The molecule has 10 heteroatoms. The number of para-hydroxylation sites is 1. The lowest BCUT2D eigenvalue weighted by molar-refractivity contribution is -0.160. The van der Waals surface area contributed by atoms with Gasteiger partial charge in [0, 0.05) is 16.7 Å². The van der Waals surface area contributed by atoms with E-state index in [4.69, 9.17) is 37.2 Å². The average molecular weight is 567 g/mol. The third kappa shape index (κ3) is 5.50. The van der Waals surface area contributed by atoms with Crippen molar-refractivity contribution in [3.63, 3.8) is 0 Å². The molecule has 2 unspecified atom stereocenters. The number of amides is 1. The number of esters is 1. The maximum absolute atomic E-state index is 13.2. The second-order valence-corrected chi connectivity index (χ2v) is 10.6. The number of ether oxygens (including phenoxy) is 3. The minimum absolute atomic E-state index is 0.0744. The van der Waals surface area contributed by atoms with Crippen molar-refractivity contribution in [1.29, 1.82) is 0 Å². The van der Waals surface area contributed by atoms with Crippen LogP contribution in [0.15, 0.2) is 47.5 Å². The number of nitrogens with two attached hydrogens (primary N) is 1. The molecular weight excluding hydrogens is 528 g/mol. The molecule has 0 aliphatic carbocycles. The van der Waals surface area contributed by atoms with E-state index >= 15 is 0 Å². The first kappa shape index (κ1) is 29.3. The van der Waals surface area contributed by atoms with Crippen molar-refractivity contribution in [2.24, 2.45) is 10.7 Å². The van der Waals surface area contributed by atoms with Gasteiger partial charge in [0.2, 0.25) is 11.5 Å². The minimum Gasteiger partial charge on any atom is -0.494 e. The SMILES string of the molecule is CCOC(=O)C1(C)Oc2ccccc2C1NC(=S)c1ccc(OCC)c(CN2C(=O)CC(CC)(CC)N=C2N)c1. The molecule has 2 aromatic carbocycles. The van der Waals surface area contributed by atoms with Gasteiger partial charge in [-0.05, 0) is 57.9 Å². The zero-order valence-corrected chi connectivity index (χ0v) is 24.6. The number of rotatable bonds is 10. The van der Waals surface area contributed by atoms with Crippen molar-refractivity contribution in [3.8, 4) is 11.5 Å². The van der Waals surface area contributed by atoms with Gasteiger partial charge in [-0.2, -0.15) is 0 Å². The van der Waals surface area contributed by atoms with Gasteiger partial charge in [0.05, 0.1) is 31.7 Å². The molecule has 214 valence electrons. The van der Waals surface area contributed by atoms with Crippen LogP contribution in [-0.4, -0.2) is 52.1 Å². The predicted molar refractivity (Wildman–Crippen MR) is 157 cm³/mol. The van der Waals surface area contributed by atoms with Crippen LogP contribution in [0.1, 0.15) is 76.6 Å². The van der Waals surface area contributed by atoms with E-state index in [0.717, 1.165) is 24.0 Å². The van der Waals surface area contributed by atoms with E-state index < -0.39 is 23.2 Å². The average Bonchev–Trinajstić information content (AvgIpc) is 3.23. The number of aliphatic imine (C=N–C) groups is 1. The zero-order valence-electron chi connectivity index (χ0n) is 23.8. The Bertz CT molecular complexity index is 1320. The molecule has 0 saturated heterocycles. The highest BCUT2D eigenvalue weighted by atomic mass is 32.1. The molecule has 0 fully saturated rings. The molecule has 2 aromatic rings. The normalized spacial score (nSPS) is 21.2. The summed E-state index contributed by atoms with van der Waals surface area (Å²) in [5.74, 6) is 0.878. The van der Waals surface area contributed by atoms with E-state index in [1.165, 1.54) is 4.90 Å². The number of thiocarbonyl (C=S) groups is 1. The summed E-state index contributed by atoms with van der Waals surface area (Å²) in [7, 11) is 0. The van der Waals surface area contributed by atoms with Crippen LogP contribution < -0.4 is 20.5 Å². The Morgan fingerprint density at radius 1 is 1.18 bits per heavy atom. The molecule has 0 saturated carbocycles. The molecule has 4 rings (SSSR count). The van der Waals surface area contributed by atoms with Gasteiger partial charge in [0.1, 0.15) is 22.5 Å². The number of nitrogens with one attached hydrogen (secondary N) is 1. The summed E-state index contributed by atoms with van der Waals surface area (Å²) in [6.45, 7) is 10.3. The predicted octanol–water partition coefficient (Wildman–Crippen LogP) is 4.41. The fourth-order valence-corrected chi connectivity index (χ4v) is 5.49.